The summed E-state index contributed by atoms with van der Waals surface area (Å²) in [5.74, 6) is 0. The van der Waals surface area contributed by atoms with E-state index in [4.69, 9.17) is 102 Å². The number of ether oxygens (including phenoxy) is 13. The van der Waals surface area contributed by atoms with Crippen LogP contribution in [0.25, 0.3) is 0 Å². The lowest BCUT2D eigenvalue weighted by molar-refractivity contribution is -0.369. The number of rotatable bonds is 19. The van der Waals surface area contributed by atoms with E-state index in [2.05, 4.69) is 0 Å². The van der Waals surface area contributed by atoms with Crippen LogP contribution in [0.15, 0.2) is 0 Å². The van der Waals surface area contributed by atoms with E-state index in [1.165, 1.54) is 0 Å². The molecule has 7 heterocycles. The zero-order valence-corrected chi connectivity index (χ0v) is 50.2. The maximum atomic E-state index is 11.5. The van der Waals surface area contributed by atoms with Gasteiger partial charge in [-0.2, -0.15) is 0 Å². The fourth-order valence-electron chi connectivity index (χ4n) is 10.3. The van der Waals surface area contributed by atoms with Crippen LogP contribution in [0.2, 0.25) is 0 Å². The largest absolute Gasteiger partial charge is 0.394 e. The first kappa shape index (κ1) is 85.6. The molecule has 0 spiro atoms. The highest BCUT2D eigenvalue weighted by molar-refractivity contribution is 5.86. The van der Waals surface area contributed by atoms with Crippen molar-refractivity contribution >= 4 is 86.8 Å². The Morgan fingerprint density at radius 2 is 0.388 bits per heavy atom. The molecule has 0 aliphatic carbocycles. The summed E-state index contributed by atoms with van der Waals surface area (Å²) >= 11 is 0. The van der Waals surface area contributed by atoms with Crippen molar-refractivity contribution in [1.29, 1.82) is 0 Å². The zero-order valence-electron chi connectivity index (χ0n) is 44.5. The molecule has 43 heteroatoms. The number of nitrogens with two attached hydrogens (primary N) is 7. The Balaban J connectivity index is 0.0000101. The van der Waals surface area contributed by atoms with E-state index >= 15 is 0 Å². The second-order valence-corrected chi connectivity index (χ2v) is 20.2. The van der Waals surface area contributed by atoms with Crippen LogP contribution in [0.1, 0.15) is 0 Å². The lowest BCUT2D eigenvalue weighted by Gasteiger charge is -2.50. The first-order valence-electron chi connectivity index (χ1n) is 25.2. The van der Waals surface area contributed by atoms with Crippen molar-refractivity contribution in [2.45, 2.75) is 215 Å². The van der Waals surface area contributed by atoms with Crippen molar-refractivity contribution in [2.24, 2.45) is 40.1 Å². The first-order valence-corrected chi connectivity index (χ1v) is 25.2. The molecule has 0 bridgehead atoms. The third kappa shape index (κ3) is 18.1. The summed E-state index contributed by atoms with van der Waals surface area (Å²) in [4.78, 5) is 0. The van der Waals surface area contributed by atoms with Gasteiger partial charge in [-0.15, -0.1) is 86.8 Å². The van der Waals surface area contributed by atoms with Gasteiger partial charge >= 0.3 is 0 Å². The molecule has 512 valence electrons. The number of halogens is 7. The molecule has 36 nitrogen and oxygen atoms in total. The highest BCUT2D eigenvalue weighted by atomic mass is 35.5. The quantitative estimate of drug-likeness (QED) is 0.0571. The second-order valence-electron chi connectivity index (χ2n) is 20.2. The molecule has 7 fully saturated rings. The summed E-state index contributed by atoms with van der Waals surface area (Å²) in [6.07, 6.45) is -44.9. The molecule has 7 rings (SSSR count). The number of aliphatic hydroxyl groups excluding tert-OH is 16. The van der Waals surface area contributed by atoms with Crippen molar-refractivity contribution in [3.05, 3.63) is 0 Å². The number of hydrogen-bond acceptors (Lipinski definition) is 36. The molecule has 7 aliphatic heterocycles. The van der Waals surface area contributed by atoms with E-state index in [-0.39, 0.29) is 86.8 Å². The van der Waals surface area contributed by atoms with Gasteiger partial charge in [0.05, 0.1) is 88.5 Å². The Morgan fingerprint density at radius 1 is 0.224 bits per heavy atom. The fraction of sp³-hybridized carbons (Fsp3) is 1.00. The molecule has 7 saturated heterocycles. The van der Waals surface area contributed by atoms with Gasteiger partial charge in [-0.05, 0) is 0 Å². The van der Waals surface area contributed by atoms with E-state index in [1.807, 2.05) is 0 Å². The number of aliphatic hydroxyl groups is 16. The predicted molar refractivity (Wildman–Crippen MR) is 296 cm³/mol. The summed E-state index contributed by atoms with van der Waals surface area (Å²) < 4.78 is 75.1. The van der Waals surface area contributed by atoms with E-state index in [0.29, 0.717) is 0 Å². The minimum Gasteiger partial charge on any atom is -0.394 e. The van der Waals surface area contributed by atoms with E-state index in [1.54, 1.807) is 0 Å². The maximum absolute atomic E-state index is 11.5. The average molecular weight is 1400 g/mol. The van der Waals surface area contributed by atoms with Gasteiger partial charge in [-0.25, -0.2) is 0 Å². The minimum absolute atomic E-state index is 0. The SMILES string of the molecule is Cl.Cl.Cl.Cl.Cl.Cl.Cl.N[C@H]1[C@H](O[C@H]2[C@H](O)[C@@H](N)[C@H](O[C@H]3[C@H](O)[C@@H](N)[C@H](O[C@H]4[C@H](O)[C@@H](N)[C@H](O[C@H]5[C@H](O)[C@@H](N)[C@H](O[C@H]6[C@H](O)[C@@H](N)[C@H](O[C@H]7[C@H](O)[C@@H](N)C(O)O[C@@H]7CO)O[C@@H]6CO)O[C@@H]5CO)O[C@@H]4CO)O[C@@H]3CO)O[C@@H]2CO)O[C@H](CO)[C@@H](O)[C@@H]1O. The molecular formula is C42H86Cl7N7O29. The van der Waals surface area contributed by atoms with Gasteiger partial charge in [-0.3, -0.25) is 0 Å². The normalized spacial score (nSPS) is 49.1. The molecule has 0 aromatic rings. The highest BCUT2D eigenvalue weighted by Gasteiger charge is 2.57. The van der Waals surface area contributed by atoms with Crippen LogP contribution >= 0.6 is 86.8 Å². The minimum atomic E-state index is -1.83. The zero-order chi connectivity index (χ0) is 57.3. The number of hydrogen-bond donors (Lipinski definition) is 23. The van der Waals surface area contributed by atoms with Crippen LogP contribution in [0, 0.1) is 0 Å². The van der Waals surface area contributed by atoms with Gasteiger partial charge in [0, 0.05) is 0 Å². The van der Waals surface area contributed by atoms with Gasteiger partial charge in [0.1, 0.15) is 128 Å². The Bertz CT molecular complexity index is 1870. The van der Waals surface area contributed by atoms with Gasteiger partial charge in [-0.1, -0.05) is 0 Å². The Hall–Kier alpha value is 0.590. The summed E-state index contributed by atoms with van der Waals surface area (Å²) in [5.41, 5.74) is 43.4. The van der Waals surface area contributed by atoms with Gasteiger partial charge < -0.3 is 183 Å². The van der Waals surface area contributed by atoms with Crippen molar-refractivity contribution in [2.75, 3.05) is 46.2 Å². The topological polar surface area (TPSA) is 626 Å². The van der Waals surface area contributed by atoms with Crippen LogP contribution in [0.3, 0.4) is 0 Å². The Kier molecular flexibility index (Phi) is 37.7. The first-order chi connectivity index (χ1) is 37.0. The molecule has 35 atom stereocenters. The molecule has 0 radical (unpaired) electrons. The third-order valence-corrected chi connectivity index (χ3v) is 15.1. The molecule has 0 saturated carbocycles. The van der Waals surface area contributed by atoms with E-state index < -0.39 is 261 Å². The van der Waals surface area contributed by atoms with Crippen LogP contribution in [0.5, 0.6) is 0 Å². The lowest BCUT2D eigenvalue weighted by atomic mass is 9.93. The molecule has 0 aromatic carbocycles. The monoisotopic (exact) mass is 1400 g/mol. The average Bonchev–Trinajstić information content (AvgIpc) is 3.52. The standard InChI is InChI=1S/C42H79N7O29.7ClH/c43-15-24(59)30(9(2-51)66-36(15)65)73-38-17(45)26(61)32(11(4-53)68-38)75-40-19(47)28(63)34(13(6-55)70-40)77-42-21(49)29(64)35(14(7-56)72-42)78-41-20(48)27(62)33(12(5-54)71-41)76-39-18(46)25(60)31(10(3-52)69-39)74-37-16(44)23(58)22(57)8(1-50)67-37;;;;;;;/h8-42,50-65H,1-7,43-49H2;7*1H/t8-,9-,10-,11-,12-,13-,14-,15-,16-,17-,18-,19-,20-,21-,22-,23-,24-,25-,26-,27-,28-,29-,30-,31-,32-,33-,34-,35-,36?,37+,38+,39+,40+,41+,42+;;;;;;;/m1......./s1. The molecule has 30 N–H and O–H groups in total. The molecule has 85 heavy (non-hydrogen) atoms. The summed E-state index contributed by atoms with van der Waals surface area (Å²) in [6, 6.07) is -10.6. The smallest absolute Gasteiger partial charge is 0.176 e. The van der Waals surface area contributed by atoms with Crippen LogP contribution in [-0.4, -0.2) is 342 Å². The van der Waals surface area contributed by atoms with Crippen molar-refractivity contribution in [3.63, 3.8) is 0 Å². The summed E-state index contributed by atoms with van der Waals surface area (Å²) in [7, 11) is 0. The molecule has 0 amide bonds. The summed E-state index contributed by atoms with van der Waals surface area (Å²) in [5, 5.41) is 169. The van der Waals surface area contributed by atoms with Crippen molar-refractivity contribution in [1.82, 2.24) is 0 Å². The van der Waals surface area contributed by atoms with Crippen LogP contribution in [-0.2, 0) is 61.6 Å². The highest BCUT2D eigenvalue weighted by Crippen LogP contribution is 2.36. The molecule has 7 aliphatic rings. The van der Waals surface area contributed by atoms with Crippen molar-refractivity contribution < 1.29 is 143 Å². The van der Waals surface area contributed by atoms with E-state index in [9.17, 15) is 81.7 Å². The fourth-order valence-corrected chi connectivity index (χ4v) is 10.3. The van der Waals surface area contributed by atoms with Crippen LogP contribution < -0.4 is 40.1 Å². The van der Waals surface area contributed by atoms with Gasteiger partial charge in [0.2, 0.25) is 0 Å². The third-order valence-electron chi connectivity index (χ3n) is 15.1. The molecular weight excluding hydrogens is 1310 g/mol. The van der Waals surface area contributed by atoms with Crippen molar-refractivity contribution in [3.8, 4) is 0 Å². The Labute approximate surface area is 528 Å². The summed E-state index contributed by atoms with van der Waals surface area (Å²) in [6.45, 7) is -5.87. The molecule has 0 aromatic heterocycles. The lowest BCUT2D eigenvalue weighted by Crippen LogP contribution is -2.71. The molecule has 1 unspecified atom stereocenters. The maximum Gasteiger partial charge on any atom is 0.176 e. The van der Waals surface area contributed by atoms with E-state index in [0.717, 1.165) is 0 Å². The van der Waals surface area contributed by atoms with Gasteiger partial charge in [0.25, 0.3) is 0 Å². The van der Waals surface area contributed by atoms with Crippen LogP contribution in [0.4, 0.5) is 0 Å². The Morgan fingerprint density at radius 3 is 0.588 bits per heavy atom. The van der Waals surface area contributed by atoms with Gasteiger partial charge in [0.15, 0.2) is 44.0 Å². The predicted octanol–water partition coefficient (Wildman–Crippen LogP) is -13.6. The second kappa shape index (κ2) is 37.5.